The standard InChI is InChI=1S/C9H16N2O2/c1-4-5-13-9(12)6-8(11-3)7-10-2/h7H,4-6H2,1-3H3. The van der Waals surface area contributed by atoms with Crippen molar-refractivity contribution in [2.45, 2.75) is 19.8 Å². The first-order chi connectivity index (χ1) is 6.24. The highest BCUT2D eigenvalue weighted by molar-refractivity contribution is 6.34. The Morgan fingerprint density at radius 3 is 2.62 bits per heavy atom. The molecule has 0 unspecified atom stereocenters. The molecule has 0 bridgehead atoms. The summed E-state index contributed by atoms with van der Waals surface area (Å²) in [6.07, 6.45) is 2.60. The molecule has 0 aromatic carbocycles. The number of ether oxygens (including phenoxy) is 1. The molecule has 4 nitrogen and oxygen atoms in total. The van der Waals surface area contributed by atoms with E-state index < -0.39 is 0 Å². The zero-order chi connectivity index (χ0) is 10.1. The summed E-state index contributed by atoms with van der Waals surface area (Å²) in [7, 11) is 3.27. The minimum Gasteiger partial charge on any atom is -0.465 e. The summed E-state index contributed by atoms with van der Waals surface area (Å²) in [6, 6.07) is 0. The number of hydrogen-bond acceptors (Lipinski definition) is 4. The average molecular weight is 184 g/mol. The zero-order valence-electron chi connectivity index (χ0n) is 8.41. The first kappa shape index (κ1) is 11.8. The number of hydrogen-bond donors (Lipinski definition) is 0. The highest BCUT2D eigenvalue weighted by atomic mass is 16.5. The third-order valence-electron chi connectivity index (χ3n) is 1.36. The fourth-order valence-electron chi connectivity index (χ4n) is 0.746. The normalized spacial score (nSPS) is 12.1. The van der Waals surface area contributed by atoms with Crippen LogP contribution in [0, 0.1) is 0 Å². The molecular weight excluding hydrogens is 168 g/mol. The van der Waals surface area contributed by atoms with Gasteiger partial charge >= 0.3 is 5.97 Å². The van der Waals surface area contributed by atoms with Crippen molar-refractivity contribution in [3.63, 3.8) is 0 Å². The first-order valence-electron chi connectivity index (χ1n) is 4.28. The molecule has 0 N–H and O–H groups in total. The molecule has 0 heterocycles. The van der Waals surface area contributed by atoms with Crippen molar-refractivity contribution < 1.29 is 9.53 Å². The third kappa shape index (κ3) is 6.02. The molecule has 13 heavy (non-hydrogen) atoms. The van der Waals surface area contributed by atoms with E-state index in [1.807, 2.05) is 6.92 Å². The van der Waals surface area contributed by atoms with Crippen LogP contribution in [0.3, 0.4) is 0 Å². The Labute approximate surface area is 78.7 Å². The van der Waals surface area contributed by atoms with E-state index in [2.05, 4.69) is 9.98 Å². The monoisotopic (exact) mass is 184 g/mol. The predicted octanol–water partition coefficient (Wildman–Crippen LogP) is 1.10. The van der Waals surface area contributed by atoms with Crippen LogP contribution in [0.25, 0.3) is 0 Å². The van der Waals surface area contributed by atoms with Gasteiger partial charge < -0.3 is 4.74 Å². The molecule has 0 aromatic rings. The Balaban J connectivity index is 3.88. The second-order valence-corrected chi connectivity index (χ2v) is 2.50. The Morgan fingerprint density at radius 1 is 1.46 bits per heavy atom. The lowest BCUT2D eigenvalue weighted by molar-refractivity contribution is -0.142. The second-order valence-electron chi connectivity index (χ2n) is 2.50. The van der Waals surface area contributed by atoms with E-state index in [1.54, 1.807) is 20.3 Å². The van der Waals surface area contributed by atoms with Gasteiger partial charge in [0.05, 0.1) is 18.7 Å². The highest BCUT2D eigenvalue weighted by Crippen LogP contribution is 1.91. The Kier molecular flexibility index (Phi) is 6.78. The van der Waals surface area contributed by atoms with Crippen molar-refractivity contribution in [2.75, 3.05) is 20.7 Å². The summed E-state index contributed by atoms with van der Waals surface area (Å²) in [5.41, 5.74) is 0.642. The van der Waals surface area contributed by atoms with Crippen LogP contribution in [0.5, 0.6) is 0 Å². The molecule has 4 heteroatoms. The summed E-state index contributed by atoms with van der Waals surface area (Å²) in [5, 5.41) is 0. The maximum absolute atomic E-state index is 11.1. The molecule has 0 saturated carbocycles. The van der Waals surface area contributed by atoms with Gasteiger partial charge in [0.25, 0.3) is 0 Å². The van der Waals surface area contributed by atoms with Gasteiger partial charge in [-0.25, -0.2) is 0 Å². The number of carbonyl (C=O) groups excluding carboxylic acids is 1. The lowest BCUT2D eigenvalue weighted by Crippen LogP contribution is -2.12. The second kappa shape index (κ2) is 7.46. The average Bonchev–Trinajstić information content (AvgIpc) is 2.14. The first-order valence-corrected chi connectivity index (χ1v) is 4.28. The van der Waals surface area contributed by atoms with E-state index in [9.17, 15) is 4.79 Å². The maximum atomic E-state index is 11.1. The summed E-state index contributed by atoms with van der Waals surface area (Å²) in [6.45, 7) is 2.43. The van der Waals surface area contributed by atoms with Gasteiger partial charge in [-0.2, -0.15) is 0 Å². The van der Waals surface area contributed by atoms with Gasteiger partial charge in [-0.3, -0.25) is 14.8 Å². The summed E-state index contributed by atoms with van der Waals surface area (Å²) in [4.78, 5) is 18.8. The fourth-order valence-corrected chi connectivity index (χ4v) is 0.746. The molecule has 0 fully saturated rings. The predicted molar refractivity (Wildman–Crippen MR) is 53.6 cm³/mol. The maximum Gasteiger partial charge on any atom is 0.311 e. The molecule has 0 saturated heterocycles. The Bertz CT molecular complexity index is 210. The van der Waals surface area contributed by atoms with Gasteiger partial charge in [-0.05, 0) is 6.42 Å². The molecule has 0 aliphatic heterocycles. The van der Waals surface area contributed by atoms with Gasteiger partial charge in [0, 0.05) is 20.3 Å². The smallest absolute Gasteiger partial charge is 0.311 e. The van der Waals surface area contributed by atoms with Crippen LogP contribution in [0.1, 0.15) is 19.8 Å². The van der Waals surface area contributed by atoms with Crippen LogP contribution in [0.15, 0.2) is 9.98 Å². The van der Waals surface area contributed by atoms with Crippen LogP contribution < -0.4 is 0 Å². The highest BCUT2D eigenvalue weighted by Gasteiger charge is 2.05. The zero-order valence-corrected chi connectivity index (χ0v) is 8.41. The van der Waals surface area contributed by atoms with E-state index in [0.29, 0.717) is 12.3 Å². The van der Waals surface area contributed by atoms with E-state index in [-0.39, 0.29) is 12.4 Å². The molecule has 0 aliphatic rings. The van der Waals surface area contributed by atoms with Crippen molar-refractivity contribution in [1.29, 1.82) is 0 Å². The molecule has 0 amide bonds. The SMILES string of the molecule is CCCOC(=O)CC(C=NC)=NC. The van der Waals surface area contributed by atoms with Crippen LogP contribution in [-0.4, -0.2) is 38.6 Å². The molecule has 0 atom stereocenters. The Morgan fingerprint density at radius 2 is 2.15 bits per heavy atom. The molecule has 0 radical (unpaired) electrons. The quantitative estimate of drug-likeness (QED) is 0.474. The summed E-state index contributed by atoms with van der Waals surface area (Å²) >= 11 is 0. The van der Waals surface area contributed by atoms with E-state index >= 15 is 0 Å². The van der Waals surface area contributed by atoms with Crippen molar-refractivity contribution in [3.8, 4) is 0 Å². The van der Waals surface area contributed by atoms with Crippen molar-refractivity contribution in [3.05, 3.63) is 0 Å². The lowest BCUT2D eigenvalue weighted by Gasteiger charge is -2.01. The van der Waals surface area contributed by atoms with Crippen molar-refractivity contribution in [2.24, 2.45) is 9.98 Å². The van der Waals surface area contributed by atoms with E-state index in [4.69, 9.17) is 4.74 Å². The number of nitrogens with zero attached hydrogens (tertiary/aromatic N) is 2. The molecule has 0 aromatic heterocycles. The lowest BCUT2D eigenvalue weighted by atomic mass is 10.3. The van der Waals surface area contributed by atoms with Crippen LogP contribution in [-0.2, 0) is 9.53 Å². The van der Waals surface area contributed by atoms with Crippen LogP contribution >= 0.6 is 0 Å². The van der Waals surface area contributed by atoms with E-state index in [1.165, 1.54) is 0 Å². The number of rotatable bonds is 5. The minimum absolute atomic E-state index is 0.202. The van der Waals surface area contributed by atoms with Gasteiger partial charge in [-0.1, -0.05) is 6.92 Å². The van der Waals surface area contributed by atoms with Gasteiger partial charge in [0.15, 0.2) is 0 Å². The molecular formula is C9H16N2O2. The van der Waals surface area contributed by atoms with E-state index in [0.717, 1.165) is 6.42 Å². The molecule has 74 valence electrons. The molecule has 0 spiro atoms. The molecule has 0 aliphatic carbocycles. The summed E-state index contributed by atoms with van der Waals surface area (Å²) in [5.74, 6) is -0.248. The topological polar surface area (TPSA) is 51.0 Å². The molecule has 0 rings (SSSR count). The fraction of sp³-hybridized carbons (Fsp3) is 0.667. The largest absolute Gasteiger partial charge is 0.465 e. The third-order valence-corrected chi connectivity index (χ3v) is 1.36. The number of esters is 1. The number of aliphatic imine (C=N–C) groups is 2. The summed E-state index contributed by atoms with van der Waals surface area (Å²) < 4.78 is 4.89. The van der Waals surface area contributed by atoms with Gasteiger partial charge in [0.2, 0.25) is 0 Å². The van der Waals surface area contributed by atoms with Crippen molar-refractivity contribution >= 4 is 17.9 Å². The number of carbonyl (C=O) groups is 1. The van der Waals surface area contributed by atoms with Crippen LogP contribution in [0.4, 0.5) is 0 Å². The van der Waals surface area contributed by atoms with Gasteiger partial charge in [-0.15, -0.1) is 0 Å². The van der Waals surface area contributed by atoms with Gasteiger partial charge in [0.1, 0.15) is 0 Å². The minimum atomic E-state index is -0.248. The Hall–Kier alpha value is -1.19. The van der Waals surface area contributed by atoms with Crippen LogP contribution in [0.2, 0.25) is 0 Å². The van der Waals surface area contributed by atoms with Crippen molar-refractivity contribution in [1.82, 2.24) is 0 Å².